The van der Waals surface area contributed by atoms with Crippen molar-refractivity contribution in [3.05, 3.63) is 65.7 Å². The Morgan fingerprint density at radius 3 is 2.60 bits per heavy atom. The zero-order valence-corrected chi connectivity index (χ0v) is 18.1. The van der Waals surface area contributed by atoms with Gasteiger partial charge in [-0.3, -0.25) is 4.90 Å². The second kappa shape index (κ2) is 9.23. The lowest BCUT2D eigenvalue weighted by Gasteiger charge is -2.52. The van der Waals surface area contributed by atoms with Crippen molar-refractivity contribution in [2.75, 3.05) is 27.3 Å². The molecule has 4 nitrogen and oxygen atoms in total. The lowest BCUT2D eigenvalue weighted by Crippen LogP contribution is -2.54. The summed E-state index contributed by atoms with van der Waals surface area (Å²) < 4.78 is 11.0. The van der Waals surface area contributed by atoms with Crippen molar-refractivity contribution in [3.63, 3.8) is 0 Å². The molecule has 0 unspecified atom stereocenters. The molecule has 30 heavy (non-hydrogen) atoms. The van der Waals surface area contributed by atoms with Crippen LogP contribution in [0.2, 0.25) is 0 Å². The van der Waals surface area contributed by atoms with Gasteiger partial charge in [0, 0.05) is 25.0 Å². The molecule has 1 N–H and O–H groups in total. The van der Waals surface area contributed by atoms with E-state index < -0.39 is 5.60 Å². The second-order valence-corrected chi connectivity index (χ2v) is 8.57. The molecule has 0 bridgehead atoms. The predicted octanol–water partition coefficient (Wildman–Crippen LogP) is 5.09. The molecule has 2 aromatic rings. The van der Waals surface area contributed by atoms with Gasteiger partial charge >= 0.3 is 0 Å². The third-order valence-corrected chi connectivity index (χ3v) is 6.87. The molecule has 2 fully saturated rings. The van der Waals surface area contributed by atoms with E-state index in [0.29, 0.717) is 0 Å². The highest BCUT2D eigenvalue weighted by atomic mass is 16.5. The largest absolute Gasteiger partial charge is 0.493 e. The number of hydrogen-bond acceptors (Lipinski definition) is 4. The van der Waals surface area contributed by atoms with E-state index in [0.717, 1.165) is 50.3 Å². The summed E-state index contributed by atoms with van der Waals surface area (Å²) >= 11 is 0. The van der Waals surface area contributed by atoms with Crippen LogP contribution >= 0.6 is 0 Å². The first kappa shape index (κ1) is 21.0. The van der Waals surface area contributed by atoms with Crippen LogP contribution in [0, 0.1) is 5.92 Å². The molecular formula is C26H33NO3. The minimum Gasteiger partial charge on any atom is -0.493 e. The number of hydrogen-bond donors (Lipinski definition) is 1. The number of rotatable bonds is 6. The number of benzene rings is 2. The van der Waals surface area contributed by atoms with E-state index in [4.69, 9.17) is 9.47 Å². The molecular weight excluding hydrogens is 374 g/mol. The summed E-state index contributed by atoms with van der Waals surface area (Å²) in [7, 11) is 3.35. The van der Waals surface area contributed by atoms with E-state index in [9.17, 15) is 5.11 Å². The van der Waals surface area contributed by atoms with Crippen LogP contribution in [0.4, 0.5) is 0 Å². The quantitative estimate of drug-likeness (QED) is 0.725. The summed E-state index contributed by atoms with van der Waals surface area (Å²) in [6, 6.07) is 16.8. The number of piperidine rings is 1. The Hall–Kier alpha value is -2.30. The van der Waals surface area contributed by atoms with Crippen molar-refractivity contribution in [2.45, 2.75) is 43.7 Å². The number of fused-ring (bicyclic) bond motifs is 1. The molecule has 0 radical (unpaired) electrons. The maximum Gasteiger partial charge on any atom is 0.161 e. The summed E-state index contributed by atoms with van der Waals surface area (Å²) in [6.45, 7) is 1.76. The van der Waals surface area contributed by atoms with Gasteiger partial charge in [-0.05, 0) is 42.5 Å². The highest BCUT2D eigenvalue weighted by Crippen LogP contribution is 2.50. The molecule has 1 aliphatic carbocycles. The van der Waals surface area contributed by atoms with Gasteiger partial charge in [-0.15, -0.1) is 0 Å². The molecule has 3 atom stereocenters. The molecule has 0 amide bonds. The first-order valence-electron chi connectivity index (χ1n) is 11.0. The fourth-order valence-corrected chi connectivity index (χ4v) is 5.32. The highest BCUT2D eigenvalue weighted by molar-refractivity contribution is 5.49. The summed E-state index contributed by atoms with van der Waals surface area (Å²) in [4.78, 5) is 2.52. The fourth-order valence-electron chi connectivity index (χ4n) is 5.32. The van der Waals surface area contributed by atoms with Crippen LogP contribution in [0.15, 0.2) is 54.6 Å². The standard InChI is InChI=1S/C26H33NO3/c1-29-23-14-13-21(19-24(23)30-2)25-22-12-6-7-15-26(22,28)16-18-27(25)17-8-11-20-9-4-3-5-10-20/h3-5,8-11,13-14,19,22,25,28H,6-7,12,15-18H2,1-2H3/b11-8+/t22-,25-,26-/m0/s1. The van der Waals surface area contributed by atoms with Crippen LogP contribution in [0.1, 0.15) is 49.3 Å². The Kier molecular flexibility index (Phi) is 6.45. The van der Waals surface area contributed by atoms with E-state index in [1.54, 1.807) is 14.2 Å². The Bertz CT molecular complexity index is 866. The van der Waals surface area contributed by atoms with Gasteiger partial charge in [0.25, 0.3) is 0 Å². The molecule has 4 heteroatoms. The Morgan fingerprint density at radius 2 is 1.83 bits per heavy atom. The minimum atomic E-state index is -0.560. The van der Waals surface area contributed by atoms with Crippen molar-refractivity contribution in [2.24, 2.45) is 5.92 Å². The molecule has 160 valence electrons. The van der Waals surface area contributed by atoms with E-state index in [2.05, 4.69) is 53.5 Å². The lowest BCUT2D eigenvalue weighted by atomic mass is 9.66. The van der Waals surface area contributed by atoms with Gasteiger partial charge < -0.3 is 14.6 Å². The molecule has 1 saturated heterocycles. The van der Waals surface area contributed by atoms with Crippen molar-refractivity contribution in [3.8, 4) is 11.5 Å². The SMILES string of the molecule is COc1ccc([C@H]2[C@@H]3CCCC[C@]3(O)CCN2C/C=C/c2ccccc2)cc1OC. The van der Waals surface area contributed by atoms with E-state index in [1.165, 1.54) is 17.5 Å². The van der Waals surface area contributed by atoms with Crippen LogP contribution in [0.3, 0.4) is 0 Å². The molecule has 2 aliphatic rings. The third kappa shape index (κ3) is 4.26. The zero-order valence-electron chi connectivity index (χ0n) is 18.1. The molecule has 0 aromatic heterocycles. The zero-order chi connectivity index (χ0) is 21.0. The Morgan fingerprint density at radius 1 is 1.03 bits per heavy atom. The third-order valence-electron chi connectivity index (χ3n) is 6.87. The van der Waals surface area contributed by atoms with Gasteiger partial charge in [0.15, 0.2) is 11.5 Å². The van der Waals surface area contributed by atoms with E-state index in [-0.39, 0.29) is 12.0 Å². The molecule has 1 heterocycles. The Labute approximate surface area is 180 Å². The average molecular weight is 408 g/mol. The number of likely N-dealkylation sites (tertiary alicyclic amines) is 1. The molecule has 1 saturated carbocycles. The van der Waals surface area contributed by atoms with Crippen LogP contribution in [0.25, 0.3) is 6.08 Å². The average Bonchev–Trinajstić information content (AvgIpc) is 2.79. The minimum absolute atomic E-state index is 0.171. The molecule has 2 aromatic carbocycles. The highest BCUT2D eigenvalue weighted by Gasteiger charge is 2.48. The van der Waals surface area contributed by atoms with Crippen LogP contribution in [-0.2, 0) is 0 Å². The number of methoxy groups -OCH3 is 2. The molecule has 4 rings (SSSR count). The molecule has 0 spiro atoms. The maximum atomic E-state index is 11.5. The van der Waals surface area contributed by atoms with Crippen LogP contribution < -0.4 is 9.47 Å². The van der Waals surface area contributed by atoms with Gasteiger partial charge in [0.2, 0.25) is 0 Å². The first-order chi connectivity index (χ1) is 14.6. The number of ether oxygens (including phenoxy) is 2. The van der Waals surface area contributed by atoms with Gasteiger partial charge in [0.1, 0.15) is 0 Å². The van der Waals surface area contributed by atoms with Crippen molar-refractivity contribution in [1.82, 2.24) is 4.90 Å². The second-order valence-electron chi connectivity index (χ2n) is 8.57. The molecule has 1 aliphatic heterocycles. The van der Waals surface area contributed by atoms with Crippen molar-refractivity contribution in [1.29, 1.82) is 0 Å². The normalized spacial score (nSPS) is 27.0. The first-order valence-corrected chi connectivity index (χ1v) is 11.0. The summed E-state index contributed by atoms with van der Waals surface area (Å²) in [6.07, 6.45) is 9.57. The van der Waals surface area contributed by atoms with Crippen LogP contribution in [0.5, 0.6) is 11.5 Å². The van der Waals surface area contributed by atoms with Gasteiger partial charge in [0.05, 0.1) is 19.8 Å². The van der Waals surface area contributed by atoms with Crippen LogP contribution in [-0.4, -0.2) is 42.9 Å². The predicted molar refractivity (Wildman–Crippen MR) is 121 cm³/mol. The van der Waals surface area contributed by atoms with Crippen molar-refractivity contribution < 1.29 is 14.6 Å². The number of aliphatic hydroxyl groups is 1. The van der Waals surface area contributed by atoms with Crippen molar-refractivity contribution >= 4 is 6.08 Å². The smallest absolute Gasteiger partial charge is 0.161 e. The topological polar surface area (TPSA) is 41.9 Å². The summed E-state index contributed by atoms with van der Waals surface area (Å²) in [5.41, 5.74) is 1.85. The maximum absolute atomic E-state index is 11.5. The van der Waals surface area contributed by atoms with Gasteiger partial charge in [-0.2, -0.15) is 0 Å². The van der Waals surface area contributed by atoms with E-state index in [1.807, 2.05) is 12.1 Å². The fraction of sp³-hybridized carbons (Fsp3) is 0.462. The number of nitrogens with zero attached hydrogens (tertiary/aromatic N) is 1. The lowest BCUT2D eigenvalue weighted by molar-refractivity contribution is -0.122. The summed E-state index contributed by atoms with van der Waals surface area (Å²) in [5.74, 6) is 1.73. The monoisotopic (exact) mass is 407 g/mol. The van der Waals surface area contributed by atoms with Gasteiger partial charge in [-0.1, -0.05) is 61.4 Å². The summed E-state index contributed by atoms with van der Waals surface area (Å²) in [5, 5.41) is 11.5. The Balaban J connectivity index is 1.64. The van der Waals surface area contributed by atoms with E-state index >= 15 is 0 Å². The van der Waals surface area contributed by atoms with Gasteiger partial charge in [-0.25, -0.2) is 0 Å².